The maximum atomic E-state index is 10.9. The summed E-state index contributed by atoms with van der Waals surface area (Å²) in [5, 5.41) is 0. The molecule has 0 unspecified atom stereocenters. The molecule has 0 saturated heterocycles. The van der Waals surface area contributed by atoms with Crippen LogP contribution in [0.2, 0.25) is 0 Å². The Morgan fingerprint density at radius 2 is 2.00 bits per heavy atom. The van der Waals surface area contributed by atoms with Gasteiger partial charge in [-0.05, 0) is 5.56 Å². The number of esters is 1. The van der Waals surface area contributed by atoms with E-state index in [0.717, 1.165) is 5.56 Å². The Labute approximate surface area is 85.9 Å². The van der Waals surface area contributed by atoms with Crippen LogP contribution in [0.15, 0.2) is 30.3 Å². The van der Waals surface area contributed by atoms with E-state index in [1.54, 1.807) is 24.3 Å². The number of carbonyl (C=O) groups excluding carboxylic acids is 2. The molecule has 0 fully saturated rings. The number of ether oxygens (including phenoxy) is 1. The molecule has 0 heterocycles. The van der Waals surface area contributed by atoms with E-state index in [1.807, 2.05) is 6.07 Å². The molecule has 0 saturated carbocycles. The molecular weight excluding hydrogens is 196 g/mol. The number of Topliss-reactive ketones (excluding diaryl/α,β-unsaturated/α-hetero) is 1. The predicted octanol–water partition coefficient (Wildman–Crippen LogP) is 0.599. The van der Waals surface area contributed by atoms with Crippen molar-refractivity contribution in [2.75, 3.05) is 0 Å². The molecular formula is C10H8N2O3. The Bertz CT molecular complexity index is 408. The zero-order valence-corrected chi connectivity index (χ0v) is 7.79. The van der Waals surface area contributed by atoms with Gasteiger partial charge >= 0.3 is 18.0 Å². The largest absolute Gasteiger partial charge is 0.455 e. The summed E-state index contributed by atoms with van der Waals surface area (Å²) in [6.45, 7) is 0.0185. The number of ketones is 1. The van der Waals surface area contributed by atoms with Crippen molar-refractivity contribution in [2.24, 2.45) is 0 Å². The quantitative estimate of drug-likeness (QED) is 0.237. The third kappa shape index (κ3) is 3.54. The fourth-order valence-electron chi connectivity index (χ4n) is 0.899. The van der Waals surface area contributed by atoms with Crippen LogP contribution in [0, 0.1) is 0 Å². The minimum atomic E-state index is -1.04. The van der Waals surface area contributed by atoms with Crippen LogP contribution in [0.4, 0.5) is 0 Å². The smallest absolute Gasteiger partial charge is 0.387 e. The van der Waals surface area contributed by atoms with E-state index in [9.17, 15) is 9.59 Å². The fraction of sp³-hybridized carbons (Fsp3) is 0.100. The number of carbonyl (C=O) groups is 2. The standard InChI is InChI=1S/C10H8N2O3/c11-12-6-9(13)10(14)15-7-8-4-2-1-3-5-8/h1-6H,7H2. The highest BCUT2D eigenvalue weighted by molar-refractivity contribution is 6.55. The summed E-state index contributed by atoms with van der Waals surface area (Å²) in [5.74, 6) is -2.04. The van der Waals surface area contributed by atoms with E-state index in [1.165, 1.54) is 0 Å². The monoisotopic (exact) mass is 204 g/mol. The van der Waals surface area contributed by atoms with Crippen molar-refractivity contribution in [1.29, 1.82) is 0 Å². The lowest BCUT2D eigenvalue weighted by atomic mass is 10.2. The van der Waals surface area contributed by atoms with Gasteiger partial charge in [0.25, 0.3) is 0 Å². The van der Waals surface area contributed by atoms with Crippen LogP contribution in [-0.4, -0.2) is 22.8 Å². The Morgan fingerprint density at radius 3 is 2.60 bits per heavy atom. The molecule has 1 aromatic rings. The van der Waals surface area contributed by atoms with Crippen LogP contribution in [0.5, 0.6) is 0 Å². The van der Waals surface area contributed by atoms with Gasteiger partial charge in [-0.1, -0.05) is 30.3 Å². The summed E-state index contributed by atoms with van der Waals surface area (Å²) in [4.78, 5) is 24.1. The molecule has 0 atom stereocenters. The molecule has 0 aliphatic carbocycles. The maximum absolute atomic E-state index is 10.9. The molecule has 0 radical (unpaired) electrons. The highest BCUT2D eigenvalue weighted by atomic mass is 16.5. The number of nitrogens with zero attached hydrogens (tertiary/aromatic N) is 2. The van der Waals surface area contributed by atoms with Crippen LogP contribution in [0.25, 0.3) is 5.53 Å². The van der Waals surface area contributed by atoms with Crippen molar-refractivity contribution in [3.05, 3.63) is 41.4 Å². The highest BCUT2D eigenvalue weighted by Crippen LogP contribution is 2.00. The first-order valence-electron chi connectivity index (χ1n) is 4.16. The molecule has 0 spiro atoms. The van der Waals surface area contributed by atoms with Crippen LogP contribution in [-0.2, 0) is 20.9 Å². The topological polar surface area (TPSA) is 79.8 Å². The van der Waals surface area contributed by atoms with Gasteiger partial charge in [0.05, 0.1) is 0 Å². The molecule has 0 aromatic heterocycles. The Morgan fingerprint density at radius 1 is 1.33 bits per heavy atom. The fourth-order valence-corrected chi connectivity index (χ4v) is 0.899. The zero-order valence-electron chi connectivity index (χ0n) is 7.79. The summed E-state index contributed by atoms with van der Waals surface area (Å²) in [7, 11) is 0. The molecule has 5 nitrogen and oxygen atoms in total. The molecule has 0 N–H and O–H groups in total. The van der Waals surface area contributed by atoms with Gasteiger partial charge in [0.15, 0.2) is 0 Å². The van der Waals surface area contributed by atoms with E-state index in [0.29, 0.717) is 6.21 Å². The van der Waals surface area contributed by atoms with Gasteiger partial charge in [-0.25, -0.2) is 4.79 Å². The summed E-state index contributed by atoms with van der Waals surface area (Å²) in [6, 6.07) is 8.94. The second kappa shape index (κ2) is 5.47. The van der Waals surface area contributed by atoms with Crippen molar-refractivity contribution in [3.8, 4) is 0 Å². The van der Waals surface area contributed by atoms with Gasteiger partial charge in [-0.3, -0.25) is 4.79 Å². The van der Waals surface area contributed by atoms with Crippen molar-refractivity contribution in [1.82, 2.24) is 0 Å². The molecule has 1 aromatic carbocycles. The van der Waals surface area contributed by atoms with Crippen molar-refractivity contribution < 1.29 is 19.1 Å². The number of benzene rings is 1. The molecule has 0 amide bonds. The van der Waals surface area contributed by atoms with E-state index in [4.69, 9.17) is 5.53 Å². The number of rotatable bonds is 4. The highest BCUT2D eigenvalue weighted by Gasteiger charge is 2.16. The summed E-state index contributed by atoms with van der Waals surface area (Å²) >= 11 is 0. The van der Waals surface area contributed by atoms with Gasteiger partial charge in [0.1, 0.15) is 6.61 Å². The molecule has 15 heavy (non-hydrogen) atoms. The van der Waals surface area contributed by atoms with E-state index < -0.39 is 11.8 Å². The van der Waals surface area contributed by atoms with E-state index in [-0.39, 0.29) is 6.61 Å². The van der Waals surface area contributed by atoms with E-state index >= 15 is 0 Å². The Hall–Kier alpha value is -2.26. The lowest BCUT2D eigenvalue weighted by molar-refractivity contribution is -0.152. The zero-order chi connectivity index (χ0) is 11.1. The second-order valence-corrected chi connectivity index (χ2v) is 2.67. The Kier molecular flexibility index (Phi) is 3.94. The summed E-state index contributed by atoms with van der Waals surface area (Å²) in [5.41, 5.74) is 8.79. The van der Waals surface area contributed by atoms with Gasteiger partial charge in [0, 0.05) is 0 Å². The molecule has 0 aliphatic heterocycles. The van der Waals surface area contributed by atoms with Crippen LogP contribution in [0.1, 0.15) is 5.56 Å². The van der Waals surface area contributed by atoms with Crippen LogP contribution < -0.4 is 0 Å². The van der Waals surface area contributed by atoms with Crippen LogP contribution >= 0.6 is 0 Å². The van der Waals surface area contributed by atoms with Gasteiger partial charge in [0.2, 0.25) is 0 Å². The molecule has 1 rings (SSSR count). The maximum Gasteiger partial charge on any atom is 0.387 e. The first-order valence-corrected chi connectivity index (χ1v) is 4.16. The predicted molar refractivity (Wildman–Crippen MR) is 50.9 cm³/mol. The summed E-state index contributed by atoms with van der Waals surface area (Å²) < 4.78 is 4.65. The minimum Gasteiger partial charge on any atom is -0.455 e. The van der Waals surface area contributed by atoms with Crippen molar-refractivity contribution in [3.63, 3.8) is 0 Å². The lowest BCUT2D eigenvalue weighted by Crippen LogP contribution is -2.18. The minimum absolute atomic E-state index is 0.0185. The first kappa shape index (κ1) is 10.8. The SMILES string of the molecule is [N-]=[N+]=CC(=O)C(=O)OCc1ccccc1. The van der Waals surface area contributed by atoms with Crippen molar-refractivity contribution >= 4 is 18.0 Å². The van der Waals surface area contributed by atoms with Gasteiger partial charge < -0.3 is 10.3 Å². The van der Waals surface area contributed by atoms with Crippen molar-refractivity contribution in [2.45, 2.75) is 6.61 Å². The molecule has 0 bridgehead atoms. The number of hydrogen-bond acceptors (Lipinski definition) is 3. The molecule has 5 heteroatoms. The Balaban J connectivity index is 2.48. The normalized spacial score (nSPS) is 8.80. The molecule has 76 valence electrons. The third-order valence-electron chi connectivity index (χ3n) is 1.59. The number of hydrogen-bond donors (Lipinski definition) is 0. The average Bonchev–Trinajstić information content (AvgIpc) is 2.27. The average molecular weight is 204 g/mol. The third-order valence-corrected chi connectivity index (χ3v) is 1.59. The van der Waals surface area contributed by atoms with Crippen LogP contribution in [0.3, 0.4) is 0 Å². The lowest BCUT2D eigenvalue weighted by Gasteiger charge is -2.00. The second-order valence-electron chi connectivity index (χ2n) is 2.67. The van der Waals surface area contributed by atoms with E-state index in [2.05, 4.69) is 9.53 Å². The first-order chi connectivity index (χ1) is 7.24. The van der Waals surface area contributed by atoms with Gasteiger partial charge in [-0.15, -0.1) is 0 Å². The molecule has 0 aliphatic rings. The summed E-state index contributed by atoms with van der Waals surface area (Å²) in [6.07, 6.45) is 0.493. The van der Waals surface area contributed by atoms with Gasteiger partial charge in [-0.2, -0.15) is 4.79 Å².